The zero-order valence-electron chi connectivity index (χ0n) is 10.5. The first-order valence-corrected chi connectivity index (χ1v) is 5.91. The first kappa shape index (κ1) is 14.3. The second kappa shape index (κ2) is 6.27. The molecular weight excluding hydrogens is 252 g/mol. The highest BCUT2D eigenvalue weighted by atomic mass is 35.5. The highest BCUT2D eigenvalue weighted by Crippen LogP contribution is 2.27. The van der Waals surface area contributed by atoms with Crippen molar-refractivity contribution in [1.82, 2.24) is 0 Å². The topological polar surface area (TPSA) is 62.1 Å². The largest absolute Gasteiger partial charge is 0.495 e. The molecule has 0 aliphatic heterocycles. The minimum Gasteiger partial charge on any atom is -0.495 e. The Balaban J connectivity index is 2.83. The molecular formula is C13H15ClN2O2. The molecule has 1 atom stereocenters. The van der Waals surface area contributed by atoms with Gasteiger partial charge in [-0.3, -0.25) is 4.79 Å². The highest BCUT2D eigenvalue weighted by molar-refractivity contribution is 6.32. The minimum absolute atomic E-state index is 0.0382. The maximum atomic E-state index is 11.8. The average Bonchev–Trinajstić information content (AvgIpc) is 2.29. The lowest BCUT2D eigenvalue weighted by Gasteiger charge is -2.13. The van der Waals surface area contributed by atoms with Crippen molar-refractivity contribution in [3.63, 3.8) is 0 Å². The molecule has 1 unspecified atom stereocenters. The Morgan fingerprint density at radius 2 is 2.17 bits per heavy atom. The van der Waals surface area contributed by atoms with Gasteiger partial charge in [0, 0.05) is 5.69 Å². The van der Waals surface area contributed by atoms with Crippen LogP contribution in [0.3, 0.4) is 0 Å². The number of methoxy groups -OCH3 is 1. The van der Waals surface area contributed by atoms with Crippen LogP contribution in [-0.2, 0) is 4.79 Å². The Labute approximate surface area is 112 Å². The zero-order valence-corrected chi connectivity index (χ0v) is 11.3. The predicted octanol–water partition coefficient (Wildman–Crippen LogP) is 3.08. The summed E-state index contributed by atoms with van der Waals surface area (Å²) in [5.41, 5.74) is 0.548. The van der Waals surface area contributed by atoms with Crippen LogP contribution < -0.4 is 10.1 Å². The van der Waals surface area contributed by atoms with Crippen molar-refractivity contribution in [2.24, 2.45) is 11.8 Å². The number of hydrogen-bond donors (Lipinski definition) is 1. The number of nitrogens with one attached hydrogen (secondary N) is 1. The molecule has 18 heavy (non-hydrogen) atoms. The van der Waals surface area contributed by atoms with Gasteiger partial charge in [0.1, 0.15) is 11.7 Å². The second-order valence-corrected chi connectivity index (χ2v) is 4.60. The van der Waals surface area contributed by atoms with E-state index in [9.17, 15) is 4.79 Å². The van der Waals surface area contributed by atoms with Gasteiger partial charge in [-0.25, -0.2) is 0 Å². The molecule has 0 radical (unpaired) electrons. The van der Waals surface area contributed by atoms with E-state index in [2.05, 4.69) is 5.32 Å². The van der Waals surface area contributed by atoms with Crippen molar-refractivity contribution < 1.29 is 9.53 Å². The summed E-state index contributed by atoms with van der Waals surface area (Å²) in [5.74, 6) is -0.501. The summed E-state index contributed by atoms with van der Waals surface area (Å²) in [6.07, 6.45) is 0. The molecule has 1 amide bonds. The fourth-order valence-corrected chi connectivity index (χ4v) is 1.73. The summed E-state index contributed by atoms with van der Waals surface area (Å²) in [7, 11) is 1.52. The van der Waals surface area contributed by atoms with E-state index in [4.69, 9.17) is 21.6 Å². The molecule has 0 heterocycles. The van der Waals surface area contributed by atoms with Crippen LogP contribution in [0.1, 0.15) is 13.8 Å². The van der Waals surface area contributed by atoms with Crippen molar-refractivity contribution in [1.29, 1.82) is 5.26 Å². The standard InChI is InChI=1S/C13H15ClN2O2/c1-8(2)10(7-15)13(17)16-9-4-5-12(18-3)11(14)6-9/h4-6,8,10H,1-3H3,(H,16,17). The van der Waals surface area contributed by atoms with E-state index in [-0.39, 0.29) is 11.8 Å². The van der Waals surface area contributed by atoms with Crippen LogP contribution in [0.15, 0.2) is 18.2 Å². The Bertz CT molecular complexity index is 480. The van der Waals surface area contributed by atoms with Crippen LogP contribution in [0, 0.1) is 23.2 Å². The molecule has 0 aromatic heterocycles. The van der Waals surface area contributed by atoms with E-state index in [0.29, 0.717) is 16.5 Å². The summed E-state index contributed by atoms with van der Waals surface area (Å²) in [6, 6.07) is 6.92. The van der Waals surface area contributed by atoms with E-state index in [1.165, 1.54) is 7.11 Å². The number of halogens is 1. The molecule has 0 fully saturated rings. The Kier molecular flexibility index (Phi) is 4.99. The molecule has 1 aromatic carbocycles. The van der Waals surface area contributed by atoms with Gasteiger partial charge >= 0.3 is 0 Å². The van der Waals surface area contributed by atoms with Crippen LogP contribution >= 0.6 is 11.6 Å². The lowest BCUT2D eigenvalue weighted by Crippen LogP contribution is -2.25. The lowest BCUT2D eigenvalue weighted by atomic mass is 9.96. The third kappa shape index (κ3) is 3.38. The van der Waals surface area contributed by atoms with E-state index < -0.39 is 5.92 Å². The fraction of sp³-hybridized carbons (Fsp3) is 0.385. The number of carbonyl (C=O) groups excluding carboxylic acids is 1. The SMILES string of the molecule is COc1ccc(NC(=O)C(C#N)C(C)C)cc1Cl. The number of hydrogen-bond acceptors (Lipinski definition) is 3. The van der Waals surface area contributed by atoms with Gasteiger partial charge < -0.3 is 10.1 Å². The molecule has 1 aromatic rings. The Morgan fingerprint density at radius 1 is 1.50 bits per heavy atom. The van der Waals surface area contributed by atoms with Crippen LogP contribution in [0.25, 0.3) is 0 Å². The Morgan fingerprint density at radius 3 is 2.61 bits per heavy atom. The maximum absolute atomic E-state index is 11.8. The van der Waals surface area contributed by atoms with Gasteiger partial charge in [-0.15, -0.1) is 0 Å². The van der Waals surface area contributed by atoms with Gasteiger partial charge in [0.2, 0.25) is 5.91 Å². The van der Waals surface area contributed by atoms with Crippen molar-refractivity contribution in [3.8, 4) is 11.8 Å². The fourth-order valence-electron chi connectivity index (χ4n) is 1.47. The second-order valence-electron chi connectivity index (χ2n) is 4.19. The number of amides is 1. The van der Waals surface area contributed by atoms with E-state index >= 15 is 0 Å². The highest BCUT2D eigenvalue weighted by Gasteiger charge is 2.21. The summed E-state index contributed by atoms with van der Waals surface area (Å²) in [4.78, 5) is 11.8. The molecule has 0 bridgehead atoms. The third-order valence-corrected chi connectivity index (χ3v) is 2.80. The molecule has 4 nitrogen and oxygen atoms in total. The number of nitriles is 1. The van der Waals surface area contributed by atoms with Gasteiger partial charge in [-0.05, 0) is 24.1 Å². The number of nitrogens with zero attached hydrogens (tertiary/aromatic N) is 1. The number of ether oxygens (including phenoxy) is 1. The molecule has 0 aliphatic carbocycles. The van der Waals surface area contributed by atoms with Crippen molar-refractivity contribution >= 4 is 23.2 Å². The normalized spacial score (nSPS) is 11.8. The first-order valence-electron chi connectivity index (χ1n) is 5.53. The molecule has 0 saturated carbocycles. The molecule has 0 spiro atoms. The third-order valence-electron chi connectivity index (χ3n) is 2.51. The molecule has 1 rings (SSSR count). The van der Waals surface area contributed by atoms with Gasteiger partial charge in [0.15, 0.2) is 0 Å². The van der Waals surface area contributed by atoms with Gasteiger partial charge in [-0.2, -0.15) is 5.26 Å². The van der Waals surface area contributed by atoms with Crippen LogP contribution in [-0.4, -0.2) is 13.0 Å². The summed E-state index contributed by atoms with van der Waals surface area (Å²) in [6.45, 7) is 3.66. The van der Waals surface area contributed by atoms with Crippen molar-refractivity contribution in [3.05, 3.63) is 23.2 Å². The maximum Gasteiger partial charge on any atom is 0.241 e. The molecule has 96 valence electrons. The van der Waals surface area contributed by atoms with Crippen LogP contribution in [0.2, 0.25) is 5.02 Å². The summed E-state index contributed by atoms with van der Waals surface area (Å²) in [5, 5.41) is 12.0. The number of anilines is 1. The quantitative estimate of drug-likeness (QED) is 0.911. The van der Waals surface area contributed by atoms with Crippen molar-refractivity contribution in [2.75, 3.05) is 12.4 Å². The van der Waals surface area contributed by atoms with Crippen LogP contribution in [0.5, 0.6) is 5.75 Å². The van der Waals surface area contributed by atoms with Gasteiger partial charge in [0.05, 0.1) is 18.2 Å². The molecule has 5 heteroatoms. The van der Waals surface area contributed by atoms with Gasteiger partial charge in [-0.1, -0.05) is 25.4 Å². The van der Waals surface area contributed by atoms with Crippen LogP contribution in [0.4, 0.5) is 5.69 Å². The lowest BCUT2D eigenvalue weighted by molar-refractivity contribution is -0.119. The monoisotopic (exact) mass is 266 g/mol. The molecule has 1 N–H and O–H groups in total. The molecule has 0 saturated heterocycles. The zero-order chi connectivity index (χ0) is 13.7. The summed E-state index contributed by atoms with van der Waals surface area (Å²) >= 11 is 5.95. The van der Waals surface area contributed by atoms with E-state index in [1.807, 2.05) is 19.9 Å². The van der Waals surface area contributed by atoms with Crippen molar-refractivity contribution in [2.45, 2.75) is 13.8 Å². The first-order chi connectivity index (χ1) is 8.49. The van der Waals surface area contributed by atoms with E-state index in [1.54, 1.807) is 18.2 Å². The van der Waals surface area contributed by atoms with E-state index in [0.717, 1.165) is 0 Å². The number of carbonyl (C=O) groups is 1. The average molecular weight is 267 g/mol. The number of rotatable bonds is 4. The summed E-state index contributed by atoms with van der Waals surface area (Å²) < 4.78 is 5.01. The smallest absolute Gasteiger partial charge is 0.241 e. The van der Waals surface area contributed by atoms with Gasteiger partial charge in [0.25, 0.3) is 0 Å². The predicted molar refractivity (Wildman–Crippen MR) is 70.6 cm³/mol. The molecule has 0 aliphatic rings. The number of benzene rings is 1. The Hall–Kier alpha value is -1.73. The minimum atomic E-state index is -0.675.